The predicted octanol–water partition coefficient (Wildman–Crippen LogP) is 0.239. The average Bonchev–Trinajstić information content (AvgIpc) is 2.81. The fourth-order valence-corrected chi connectivity index (χ4v) is 2.16. The third kappa shape index (κ3) is 3.28. The van der Waals surface area contributed by atoms with E-state index in [-0.39, 0.29) is 12.1 Å². The van der Waals surface area contributed by atoms with Gasteiger partial charge in [0.25, 0.3) is 0 Å². The van der Waals surface area contributed by atoms with Crippen molar-refractivity contribution in [2.45, 2.75) is 39.0 Å². The molecule has 5 nitrogen and oxygen atoms in total. The van der Waals surface area contributed by atoms with Crippen LogP contribution < -0.4 is 5.32 Å². The number of nitrogens with one attached hydrogen (secondary N) is 1. The first-order valence-electron chi connectivity index (χ1n) is 6.17. The van der Waals surface area contributed by atoms with Crippen LogP contribution in [0.25, 0.3) is 0 Å². The highest BCUT2D eigenvalue weighted by atomic mass is 16.5. The summed E-state index contributed by atoms with van der Waals surface area (Å²) >= 11 is 0. The Kier molecular flexibility index (Phi) is 4.15. The first-order valence-corrected chi connectivity index (χ1v) is 6.17. The molecule has 5 heteroatoms. The van der Waals surface area contributed by atoms with E-state index < -0.39 is 0 Å². The lowest BCUT2D eigenvalue weighted by molar-refractivity contribution is 0.122. The summed E-state index contributed by atoms with van der Waals surface area (Å²) in [5, 5.41) is 17.3. The quantitative estimate of drug-likeness (QED) is 0.723. The molecule has 1 aliphatic rings. The molecular weight excluding hydrogens is 218 g/mol. The van der Waals surface area contributed by atoms with Crippen molar-refractivity contribution in [1.82, 2.24) is 15.1 Å². The van der Waals surface area contributed by atoms with E-state index in [0.29, 0.717) is 13.2 Å². The maximum absolute atomic E-state index is 9.55. The average molecular weight is 239 g/mol. The van der Waals surface area contributed by atoms with Crippen LogP contribution in [-0.4, -0.2) is 46.8 Å². The second-order valence-electron chi connectivity index (χ2n) is 4.67. The number of ether oxygens (including phenoxy) is 1. The minimum atomic E-state index is -0.358. The zero-order valence-electron chi connectivity index (χ0n) is 10.5. The fourth-order valence-electron chi connectivity index (χ4n) is 2.16. The summed E-state index contributed by atoms with van der Waals surface area (Å²) in [6.45, 7) is 6.94. The van der Waals surface area contributed by atoms with Crippen LogP contribution >= 0.6 is 0 Å². The maximum Gasteiger partial charge on any atom is 0.0948 e. The number of aromatic nitrogens is 2. The molecule has 0 radical (unpaired) electrons. The molecule has 0 spiro atoms. The van der Waals surface area contributed by atoms with E-state index in [1.54, 1.807) is 0 Å². The number of aryl methyl sites for hydroxylation is 3. The van der Waals surface area contributed by atoms with Crippen molar-refractivity contribution in [2.24, 2.45) is 0 Å². The van der Waals surface area contributed by atoms with Crippen LogP contribution in [0.4, 0.5) is 0 Å². The van der Waals surface area contributed by atoms with Gasteiger partial charge in [0.05, 0.1) is 31.1 Å². The smallest absolute Gasteiger partial charge is 0.0948 e. The molecule has 2 N–H and O–H groups in total. The van der Waals surface area contributed by atoms with E-state index in [0.717, 1.165) is 25.2 Å². The minimum Gasteiger partial charge on any atom is -0.389 e. The van der Waals surface area contributed by atoms with Crippen molar-refractivity contribution in [3.8, 4) is 0 Å². The molecule has 0 aromatic carbocycles. The number of rotatable bonds is 5. The highest BCUT2D eigenvalue weighted by molar-refractivity contribution is 5.06. The molecule has 0 aliphatic carbocycles. The van der Waals surface area contributed by atoms with Crippen molar-refractivity contribution in [2.75, 3.05) is 19.8 Å². The summed E-state index contributed by atoms with van der Waals surface area (Å²) in [5.74, 6) is 0. The molecule has 0 amide bonds. The van der Waals surface area contributed by atoms with E-state index in [9.17, 15) is 5.11 Å². The second kappa shape index (κ2) is 5.62. The molecule has 2 rings (SSSR count). The van der Waals surface area contributed by atoms with Gasteiger partial charge < -0.3 is 15.2 Å². The van der Waals surface area contributed by atoms with Gasteiger partial charge in [-0.15, -0.1) is 0 Å². The van der Waals surface area contributed by atoms with Gasteiger partial charge in [-0.25, -0.2) is 0 Å². The zero-order chi connectivity index (χ0) is 12.3. The molecule has 2 unspecified atom stereocenters. The van der Waals surface area contributed by atoms with Crippen LogP contribution in [0.3, 0.4) is 0 Å². The van der Waals surface area contributed by atoms with Gasteiger partial charge >= 0.3 is 0 Å². The molecule has 1 aliphatic heterocycles. The van der Waals surface area contributed by atoms with Gasteiger partial charge in [0, 0.05) is 12.2 Å². The molecule has 2 heterocycles. The first-order chi connectivity index (χ1) is 8.16. The molecule has 0 bridgehead atoms. The van der Waals surface area contributed by atoms with Gasteiger partial charge in [0.2, 0.25) is 0 Å². The number of nitrogens with zero attached hydrogens (tertiary/aromatic N) is 2. The van der Waals surface area contributed by atoms with Crippen LogP contribution in [0, 0.1) is 13.8 Å². The Morgan fingerprint density at radius 3 is 2.94 bits per heavy atom. The summed E-state index contributed by atoms with van der Waals surface area (Å²) in [5.41, 5.74) is 2.27. The van der Waals surface area contributed by atoms with E-state index in [2.05, 4.69) is 23.4 Å². The second-order valence-corrected chi connectivity index (χ2v) is 4.67. The summed E-state index contributed by atoms with van der Waals surface area (Å²) < 4.78 is 7.20. The van der Waals surface area contributed by atoms with Gasteiger partial charge in [0.15, 0.2) is 0 Å². The zero-order valence-corrected chi connectivity index (χ0v) is 10.5. The lowest BCUT2D eigenvalue weighted by atomic mass is 10.2. The van der Waals surface area contributed by atoms with Crippen molar-refractivity contribution >= 4 is 0 Å². The van der Waals surface area contributed by atoms with Gasteiger partial charge in [-0.1, -0.05) is 0 Å². The highest BCUT2D eigenvalue weighted by Gasteiger charge is 2.24. The molecule has 17 heavy (non-hydrogen) atoms. The molecule has 1 saturated heterocycles. The van der Waals surface area contributed by atoms with E-state index in [4.69, 9.17) is 4.74 Å². The lowest BCUT2D eigenvalue weighted by Gasteiger charge is -2.14. The van der Waals surface area contributed by atoms with Crippen molar-refractivity contribution in [3.05, 3.63) is 17.5 Å². The SMILES string of the molecule is Cc1cc(C)n(CCCNC2COCC2O)n1. The first kappa shape index (κ1) is 12.5. The van der Waals surface area contributed by atoms with Crippen molar-refractivity contribution in [3.63, 3.8) is 0 Å². The van der Waals surface area contributed by atoms with Gasteiger partial charge in [0.1, 0.15) is 0 Å². The van der Waals surface area contributed by atoms with E-state index >= 15 is 0 Å². The summed E-state index contributed by atoms with van der Waals surface area (Å²) in [4.78, 5) is 0. The Morgan fingerprint density at radius 1 is 1.53 bits per heavy atom. The maximum atomic E-state index is 9.55. The Labute approximate surface area is 102 Å². The molecule has 2 atom stereocenters. The van der Waals surface area contributed by atoms with Crippen LogP contribution in [0.5, 0.6) is 0 Å². The molecule has 96 valence electrons. The highest BCUT2D eigenvalue weighted by Crippen LogP contribution is 2.05. The predicted molar refractivity (Wildman–Crippen MR) is 64.9 cm³/mol. The topological polar surface area (TPSA) is 59.3 Å². The lowest BCUT2D eigenvalue weighted by Crippen LogP contribution is -2.39. The Hall–Kier alpha value is -0.910. The van der Waals surface area contributed by atoms with Crippen molar-refractivity contribution in [1.29, 1.82) is 0 Å². The van der Waals surface area contributed by atoms with Crippen LogP contribution in [-0.2, 0) is 11.3 Å². The molecule has 1 aromatic heterocycles. The van der Waals surface area contributed by atoms with Crippen molar-refractivity contribution < 1.29 is 9.84 Å². The summed E-state index contributed by atoms with van der Waals surface area (Å²) in [7, 11) is 0. The Bertz CT molecular complexity index is 365. The minimum absolute atomic E-state index is 0.0930. The Balaban J connectivity index is 1.68. The number of aliphatic hydroxyl groups is 1. The summed E-state index contributed by atoms with van der Waals surface area (Å²) in [6.07, 6.45) is 0.647. The molecule has 1 aromatic rings. The monoisotopic (exact) mass is 239 g/mol. The van der Waals surface area contributed by atoms with Crippen LogP contribution in [0.1, 0.15) is 17.8 Å². The molecular formula is C12H21N3O2. The third-order valence-corrected chi connectivity index (χ3v) is 3.11. The third-order valence-electron chi connectivity index (χ3n) is 3.11. The number of hydrogen-bond donors (Lipinski definition) is 2. The standard InChI is InChI=1S/C12H21N3O2/c1-9-6-10(2)15(14-9)5-3-4-13-11-7-17-8-12(11)16/h6,11-13,16H,3-5,7-8H2,1-2H3. The van der Waals surface area contributed by atoms with E-state index in [1.807, 2.05) is 11.6 Å². The van der Waals surface area contributed by atoms with Gasteiger partial charge in [-0.2, -0.15) is 5.10 Å². The summed E-state index contributed by atoms with van der Waals surface area (Å²) in [6, 6.07) is 2.18. The van der Waals surface area contributed by atoms with Gasteiger partial charge in [-0.05, 0) is 32.9 Å². The normalized spacial score (nSPS) is 24.4. The number of aliphatic hydroxyl groups excluding tert-OH is 1. The van der Waals surface area contributed by atoms with Crippen LogP contribution in [0.15, 0.2) is 6.07 Å². The number of hydrogen-bond acceptors (Lipinski definition) is 4. The Morgan fingerprint density at radius 2 is 2.35 bits per heavy atom. The largest absolute Gasteiger partial charge is 0.389 e. The fraction of sp³-hybridized carbons (Fsp3) is 0.750. The molecule has 0 saturated carbocycles. The van der Waals surface area contributed by atoms with Gasteiger partial charge in [-0.3, -0.25) is 4.68 Å². The van der Waals surface area contributed by atoms with E-state index in [1.165, 1.54) is 5.69 Å². The molecule has 1 fully saturated rings. The van der Waals surface area contributed by atoms with Crippen LogP contribution in [0.2, 0.25) is 0 Å².